The van der Waals surface area contributed by atoms with E-state index in [1.165, 1.54) is 17.5 Å². The molecular weight excluding hydrogens is 186 g/mol. The minimum atomic E-state index is 0.670. The number of ether oxygens (including phenoxy) is 1. The van der Waals surface area contributed by atoms with Crippen molar-refractivity contribution in [3.05, 3.63) is 29.3 Å². The van der Waals surface area contributed by atoms with E-state index in [-0.39, 0.29) is 0 Å². The van der Waals surface area contributed by atoms with Crippen molar-refractivity contribution >= 4 is 0 Å². The molecule has 2 heterocycles. The summed E-state index contributed by atoms with van der Waals surface area (Å²) in [6.45, 7) is 5.27. The molecule has 0 saturated carbocycles. The minimum absolute atomic E-state index is 0.670. The summed E-state index contributed by atoms with van der Waals surface area (Å²) in [5.41, 5.74) is 2.70. The molecule has 0 spiro atoms. The maximum atomic E-state index is 5.84. The average Bonchev–Trinajstić information content (AvgIpc) is 2.61. The average molecular weight is 203 g/mol. The summed E-state index contributed by atoms with van der Waals surface area (Å²) in [4.78, 5) is 0. The molecule has 2 aliphatic heterocycles. The number of aryl methyl sites for hydroxylation is 1. The maximum Gasteiger partial charge on any atom is 0.123 e. The summed E-state index contributed by atoms with van der Waals surface area (Å²) < 4.78 is 5.84. The Kier molecular flexibility index (Phi) is 2.17. The van der Waals surface area contributed by atoms with Gasteiger partial charge < -0.3 is 10.1 Å². The SMILES string of the molecule is Cc1ccc2c(c1)OCC[C@@H]1CNC[C@@H]21. The smallest absolute Gasteiger partial charge is 0.123 e. The molecule has 3 rings (SSSR count). The van der Waals surface area contributed by atoms with Crippen LogP contribution in [0.1, 0.15) is 23.5 Å². The van der Waals surface area contributed by atoms with E-state index in [1.807, 2.05) is 0 Å². The molecule has 0 amide bonds. The summed E-state index contributed by atoms with van der Waals surface area (Å²) in [6, 6.07) is 6.62. The topological polar surface area (TPSA) is 21.3 Å². The fourth-order valence-electron chi connectivity index (χ4n) is 2.79. The van der Waals surface area contributed by atoms with Crippen molar-refractivity contribution in [1.82, 2.24) is 5.32 Å². The zero-order valence-corrected chi connectivity index (χ0v) is 9.12. The van der Waals surface area contributed by atoms with Gasteiger partial charge in [0.15, 0.2) is 0 Å². The van der Waals surface area contributed by atoms with Crippen LogP contribution >= 0.6 is 0 Å². The summed E-state index contributed by atoms with van der Waals surface area (Å²) in [5.74, 6) is 2.56. The molecule has 2 atom stereocenters. The lowest BCUT2D eigenvalue weighted by Gasteiger charge is -2.15. The number of nitrogens with one attached hydrogen (secondary N) is 1. The molecule has 0 aliphatic carbocycles. The van der Waals surface area contributed by atoms with Gasteiger partial charge in [0, 0.05) is 12.5 Å². The van der Waals surface area contributed by atoms with Crippen molar-refractivity contribution in [1.29, 1.82) is 0 Å². The fraction of sp³-hybridized carbons (Fsp3) is 0.538. The lowest BCUT2D eigenvalue weighted by Crippen LogP contribution is -2.11. The van der Waals surface area contributed by atoms with E-state index in [1.54, 1.807) is 0 Å². The molecular formula is C13H17NO. The zero-order valence-electron chi connectivity index (χ0n) is 9.12. The second-order valence-electron chi connectivity index (χ2n) is 4.70. The Morgan fingerprint density at radius 1 is 1.33 bits per heavy atom. The molecule has 0 unspecified atom stereocenters. The third kappa shape index (κ3) is 1.53. The van der Waals surface area contributed by atoms with Gasteiger partial charge in [0.25, 0.3) is 0 Å². The highest BCUT2D eigenvalue weighted by Gasteiger charge is 2.32. The summed E-state index contributed by atoms with van der Waals surface area (Å²) >= 11 is 0. The molecule has 1 aromatic carbocycles. The predicted molar refractivity (Wildman–Crippen MR) is 60.4 cm³/mol. The van der Waals surface area contributed by atoms with Gasteiger partial charge >= 0.3 is 0 Å². The Morgan fingerprint density at radius 2 is 2.27 bits per heavy atom. The Morgan fingerprint density at radius 3 is 3.20 bits per heavy atom. The highest BCUT2D eigenvalue weighted by Crippen LogP contribution is 2.38. The van der Waals surface area contributed by atoms with Crippen molar-refractivity contribution in [2.45, 2.75) is 19.3 Å². The van der Waals surface area contributed by atoms with Crippen LogP contribution in [0.15, 0.2) is 18.2 Å². The van der Waals surface area contributed by atoms with Gasteiger partial charge in [-0.1, -0.05) is 12.1 Å². The first-order valence-electron chi connectivity index (χ1n) is 5.78. The van der Waals surface area contributed by atoms with Gasteiger partial charge in [0.1, 0.15) is 5.75 Å². The molecule has 2 nitrogen and oxygen atoms in total. The first-order chi connectivity index (χ1) is 7.34. The van der Waals surface area contributed by atoms with Crippen molar-refractivity contribution in [2.75, 3.05) is 19.7 Å². The molecule has 0 radical (unpaired) electrons. The second kappa shape index (κ2) is 3.53. The first-order valence-corrected chi connectivity index (χ1v) is 5.78. The standard InChI is InChI=1S/C13H17NO/c1-9-2-3-11-12-8-14-7-10(12)4-5-15-13(11)6-9/h2-3,6,10,12,14H,4-5,7-8H2,1H3/t10-,12-/m1/s1. The number of hydrogen-bond donors (Lipinski definition) is 1. The zero-order chi connectivity index (χ0) is 10.3. The molecule has 80 valence electrons. The van der Waals surface area contributed by atoms with Gasteiger partial charge in [-0.25, -0.2) is 0 Å². The largest absolute Gasteiger partial charge is 0.493 e. The van der Waals surface area contributed by atoms with Gasteiger partial charge in [-0.05, 0) is 43.0 Å². The van der Waals surface area contributed by atoms with Crippen molar-refractivity contribution in [2.24, 2.45) is 5.92 Å². The van der Waals surface area contributed by atoms with Crippen LogP contribution in [0.5, 0.6) is 5.75 Å². The van der Waals surface area contributed by atoms with E-state index in [9.17, 15) is 0 Å². The Labute approximate surface area is 90.6 Å². The van der Waals surface area contributed by atoms with Crippen LogP contribution in [0.4, 0.5) is 0 Å². The fourth-order valence-corrected chi connectivity index (χ4v) is 2.79. The van der Waals surface area contributed by atoms with Crippen LogP contribution < -0.4 is 10.1 Å². The Balaban J connectivity index is 2.05. The van der Waals surface area contributed by atoms with Crippen LogP contribution in [0.3, 0.4) is 0 Å². The molecule has 1 aromatic rings. The highest BCUT2D eigenvalue weighted by molar-refractivity contribution is 5.41. The number of benzene rings is 1. The monoisotopic (exact) mass is 203 g/mol. The first kappa shape index (κ1) is 9.22. The van der Waals surface area contributed by atoms with Crippen LogP contribution in [0.2, 0.25) is 0 Å². The predicted octanol–water partition coefficient (Wildman–Crippen LogP) is 2.08. The summed E-state index contributed by atoms with van der Waals surface area (Å²) in [5, 5.41) is 3.49. The highest BCUT2D eigenvalue weighted by atomic mass is 16.5. The van der Waals surface area contributed by atoms with Gasteiger partial charge in [-0.3, -0.25) is 0 Å². The second-order valence-corrected chi connectivity index (χ2v) is 4.70. The molecule has 1 saturated heterocycles. The third-order valence-corrected chi connectivity index (χ3v) is 3.65. The van der Waals surface area contributed by atoms with Gasteiger partial charge in [-0.15, -0.1) is 0 Å². The molecule has 2 heteroatoms. The van der Waals surface area contributed by atoms with E-state index in [2.05, 4.69) is 30.4 Å². The Hall–Kier alpha value is -1.02. The van der Waals surface area contributed by atoms with Gasteiger partial charge in [0.05, 0.1) is 6.61 Å². The molecule has 0 aromatic heterocycles. The number of hydrogen-bond acceptors (Lipinski definition) is 2. The van der Waals surface area contributed by atoms with Gasteiger partial charge in [-0.2, -0.15) is 0 Å². The lowest BCUT2D eigenvalue weighted by atomic mass is 9.87. The van der Waals surface area contributed by atoms with Gasteiger partial charge in [0.2, 0.25) is 0 Å². The van der Waals surface area contributed by atoms with Crippen molar-refractivity contribution in [3.63, 3.8) is 0 Å². The quantitative estimate of drug-likeness (QED) is 0.697. The summed E-state index contributed by atoms with van der Waals surface area (Å²) in [6.07, 6.45) is 1.19. The van der Waals surface area contributed by atoms with Crippen LogP contribution in [0, 0.1) is 12.8 Å². The molecule has 2 aliphatic rings. The van der Waals surface area contributed by atoms with E-state index in [0.717, 1.165) is 31.4 Å². The van der Waals surface area contributed by atoms with Crippen molar-refractivity contribution < 1.29 is 4.74 Å². The summed E-state index contributed by atoms with van der Waals surface area (Å²) in [7, 11) is 0. The Bertz CT molecular complexity index is 375. The van der Waals surface area contributed by atoms with Crippen LogP contribution in [0.25, 0.3) is 0 Å². The van der Waals surface area contributed by atoms with Crippen LogP contribution in [-0.4, -0.2) is 19.7 Å². The molecule has 1 N–H and O–H groups in total. The third-order valence-electron chi connectivity index (χ3n) is 3.65. The number of rotatable bonds is 0. The molecule has 0 bridgehead atoms. The van der Waals surface area contributed by atoms with E-state index >= 15 is 0 Å². The van der Waals surface area contributed by atoms with E-state index in [4.69, 9.17) is 4.74 Å². The lowest BCUT2D eigenvalue weighted by molar-refractivity contribution is 0.296. The molecule has 1 fully saturated rings. The molecule has 15 heavy (non-hydrogen) atoms. The van der Waals surface area contributed by atoms with E-state index in [0.29, 0.717) is 5.92 Å². The van der Waals surface area contributed by atoms with E-state index < -0.39 is 0 Å². The maximum absolute atomic E-state index is 5.84. The number of fused-ring (bicyclic) bond motifs is 3. The normalized spacial score (nSPS) is 28.9. The minimum Gasteiger partial charge on any atom is -0.493 e. The van der Waals surface area contributed by atoms with Crippen molar-refractivity contribution in [3.8, 4) is 5.75 Å². The van der Waals surface area contributed by atoms with Crippen LogP contribution in [-0.2, 0) is 0 Å².